The Hall–Kier alpha value is -7.34. The summed E-state index contributed by atoms with van der Waals surface area (Å²) in [7, 11) is 1.84. The number of hydrogen-bond acceptors (Lipinski definition) is 3. The summed E-state index contributed by atoms with van der Waals surface area (Å²) in [5, 5.41) is 6.86. The molecule has 11 aromatic rings. The van der Waals surface area contributed by atoms with Crippen LogP contribution < -0.4 is 0 Å². The molecule has 4 nitrogen and oxygen atoms in total. The van der Waals surface area contributed by atoms with Crippen molar-refractivity contribution < 1.29 is 0 Å². The summed E-state index contributed by atoms with van der Waals surface area (Å²) >= 11 is 1.71. The highest BCUT2D eigenvalue weighted by molar-refractivity contribution is 7.24. The molecule has 0 radical (unpaired) electrons. The van der Waals surface area contributed by atoms with Crippen molar-refractivity contribution >= 4 is 83.0 Å². The van der Waals surface area contributed by atoms with Gasteiger partial charge in [0.2, 0.25) is 0 Å². The molecule has 1 spiro atoms. The third-order valence-corrected chi connectivity index (χ3v) is 14.2. The molecule has 0 atom stereocenters. The zero-order chi connectivity index (χ0) is 39.0. The average Bonchev–Trinajstić information content (AvgIpc) is 4.07. The number of aliphatic imine (C=N–C) groups is 2. The van der Waals surface area contributed by atoms with Crippen molar-refractivity contribution in [3.63, 3.8) is 0 Å². The Balaban J connectivity index is 1.24. The summed E-state index contributed by atoms with van der Waals surface area (Å²) in [6.45, 7) is 4.09. The molecular formula is C54H34N4S. The number of thiophene rings is 1. The summed E-state index contributed by atoms with van der Waals surface area (Å²) in [4.78, 5) is 9.27. The molecule has 2 aliphatic rings. The predicted octanol–water partition coefficient (Wildman–Crippen LogP) is 13.8. The fourth-order valence-corrected chi connectivity index (χ4v) is 12.1. The van der Waals surface area contributed by atoms with E-state index in [0.29, 0.717) is 0 Å². The van der Waals surface area contributed by atoms with E-state index in [-0.39, 0.29) is 0 Å². The monoisotopic (exact) mass is 770 g/mol. The van der Waals surface area contributed by atoms with Crippen LogP contribution in [0.4, 0.5) is 5.00 Å². The van der Waals surface area contributed by atoms with Crippen LogP contribution in [0.1, 0.15) is 27.8 Å². The lowest BCUT2D eigenvalue weighted by atomic mass is 9.70. The highest BCUT2D eigenvalue weighted by Gasteiger charge is 2.51. The lowest BCUT2D eigenvalue weighted by Crippen LogP contribution is -2.26. The quantitative estimate of drug-likeness (QED) is 0.160. The number of nitrogens with zero attached hydrogens (tertiary/aromatic N) is 4. The summed E-state index contributed by atoms with van der Waals surface area (Å²) in [6.07, 6.45) is 1.97. The van der Waals surface area contributed by atoms with Crippen molar-refractivity contribution in [3.8, 4) is 33.6 Å². The van der Waals surface area contributed by atoms with Gasteiger partial charge in [0, 0.05) is 57.1 Å². The first-order valence-corrected chi connectivity index (χ1v) is 20.9. The van der Waals surface area contributed by atoms with Crippen LogP contribution in [0.15, 0.2) is 180 Å². The first-order valence-electron chi connectivity index (χ1n) is 20.1. The molecule has 3 aromatic heterocycles. The van der Waals surface area contributed by atoms with E-state index in [1.807, 2.05) is 13.3 Å². The van der Waals surface area contributed by atoms with Crippen LogP contribution in [0.25, 0.3) is 87.3 Å². The Kier molecular flexibility index (Phi) is 6.57. The molecular weight excluding hydrogens is 737 g/mol. The van der Waals surface area contributed by atoms with Crippen molar-refractivity contribution in [2.24, 2.45) is 9.98 Å². The summed E-state index contributed by atoms with van der Waals surface area (Å²) in [6, 6.07) is 62.9. The van der Waals surface area contributed by atoms with E-state index in [0.717, 1.165) is 43.9 Å². The Bertz CT molecular complexity index is 3590. The van der Waals surface area contributed by atoms with Gasteiger partial charge in [-0.1, -0.05) is 133 Å². The molecule has 13 rings (SSSR count). The molecule has 3 heterocycles. The number of rotatable bonds is 4. The molecule has 5 heteroatoms. The zero-order valence-corrected chi connectivity index (χ0v) is 33.0. The van der Waals surface area contributed by atoms with Crippen LogP contribution in [0, 0.1) is 0 Å². The van der Waals surface area contributed by atoms with E-state index >= 15 is 0 Å². The maximum atomic E-state index is 4.66. The predicted molar refractivity (Wildman–Crippen MR) is 250 cm³/mol. The molecule has 8 aromatic carbocycles. The highest BCUT2D eigenvalue weighted by atomic mass is 32.1. The van der Waals surface area contributed by atoms with Gasteiger partial charge in [0.25, 0.3) is 0 Å². The van der Waals surface area contributed by atoms with E-state index in [2.05, 4.69) is 196 Å². The van der Waals surface area contributed by atoms with Crippen LogP contribution in [0.3, 0.4) is 0 Å². The van der Waals surface area contributed by atoms with Crippen LogP contribution in [0.2, 0.25) is 0 Å². The fourth-order valence-electron chi connectivity index (χ4n) is 11.0. The SMILES string of the molecule is C=Nc1sc2c(c1/C=N\C)c1c3ccccc3n(-c3ccccc3)c1c1c3ccccc3n(-c3ccc4c(c3)C3(c5ccccc5-c5ccccc53)c3ccccc3-4)c21. The molecule has 276 valence electrons. The van der Waals surface area contributed by atoms with Crippen molar-refractivity contribution in [2.75, 3.05) is 7.05 Å². The molecule has 0 N–H and O–H groups in total. The van der Waals surface area contributed by atoms with Crippen LogP contribution in [-0.4, -0.2) is 29.1 Å². The minimum absolute atomic E-state index is 0.455. The lowest BCUT2D eigenvalue weighted by molar-refractivity contribution is 0.792. The molecule has 0 unspecified atom stereocenters. The molecule has 0 bridgehead atoms. The van der Waals surface area contributed by atoms with Gasteiger partial charge in [-0.2, -0.15) is 0 Å². The number of fused-ring (bicyclic) bond motifs is 20. The fraction of sp³-hybridized carbons (Fsp3) is 0.0370. The van der Waals surface area contributed by atoms with Gasteiger partial charge in [-0.3, -0.25) is 9.98 Å². The largest absolute Gasteiger partial charge is 0.309 e. The van der Waals surface area contributed by atoms with E-state index < -0.39 is 5.41 Å². The van der Waals surface area contributed by atoms with Crippen molar-refractivity contribution in [2.45, 2.75) is 5.41 Å². The van der Waals surface area contributed by atoms with Gasteiger partial charge in [-0.15, -0.1) is 11.3 Å². The van der Waals surface area contributed by atoms with Gasteiger partial charge < -0.3 is 9.13 Å². The van der Waals surface area contributed by atoms with E-state index in [1.54, 1.807) is 11.3 Å². The minimum Gasteiger partial charge on any atom is -0.309 e. The van der Waals surface area contributed by atoms with Gasteiger partial charge in [-0.05, 0) is 87.6 Å². The molecule has 59 heavy (non-hydrogen) atoms. The van der Waals surface area contributed by atoms with Crippen molar-refractivity contribution in [3.05, 3.63) is 198 Å². The first kappa shape index (κ1) is 32.7. The molecule has 2 aliphatic carbocycles. The maximum Gasteiger partial charge on any atom is 0.125 e. The Labute approximate surface area is 344 Å². The van der Waals surface area contributed by atoms with Gasteiger partial charge >= 0.3 is 0 Å². The first-order chi connectivity index (χ1) is 29.2. The topological polar surface area (TPSA) is 34.6 Å². The molecule has 0 aliphatic heterocycles. The van der Waals surface area contributed by atoms with Gasteiger partial charge in [-0.25, -0.2) is 0 Å². The minimum atomic E-state index is -0.455. The third-order valence-electron chi connectivity index (χ3n) is 13.0. The summed E-state index contributed by atoms with van der Waals surface area (Å²) < 4.78 is 6.17. The number of para-hydroxylation sites is 3. The van der Waals surface area contributed by atoms with Gasteiger partial charge in [0.15, 0.2) is 0 Å². The molecule has 0 saturated carbocycles. The van der Waals surface area contributed by atoms with Gasteiger partial charge in [0.1, 0.15) is 5.00 Å². The number of benzene rings is 8. The standard InChI is InChI=1S/C54H34N4S/c1-55-31-40-48-47-38-21-9-14-26-45(38)57(32-16-4-3-5-17-32)50(47)49-39-22-10-15-27-46(39)58(51(49)52(48)59-53(40)56-2)33-28-29-37-36-20-8-13-25-43(36)54(44(37)30-33)41-23-11-6-18-34(41)35-19-7-12-24-42(35)54/h3-31H,2H2,1H3/b55-31-. The summed E-state index contributed by atoms with van der Waals surface area (Å²) in [5.74, 6) is 0. The Morgan fingerprint density at radius 1 is 0.508 bits per heavy atom. The normalized spacial score (nSPS) is 13.6. The van der Waals surface area contributed by atoms with Crippen LogP contribution in [0.5, 0.6) is 0 Å². The van der Waals surface area contributed by atoms with Crippen molar-refractivity contribution in [1.29, 1.82) is 0 Å². The Morgan fingerprint density at radius 2 is 1.03 bits per heavy atom. The Morgan fingerprint density at radius 3 is 1.64 bits per heavy atom. The van der Waals surface area contributed by atoms with Gasteiger partial charge in [0.05, 0.1) is 32.2 Å². The van der Waals surface area contributed by atoms with E-state index in [1.165, 1.54) is 76.3 Å². The number of aromatic nitrogens is 2. The summed E-state index contributed by atoms with van der Waals surface area (Å²) in [5.41, 5.74) is 18.0. The highest BCUT2D eigenvalue weighted by Crippen LogP contribution is 2.63. The second-order valence-electron chi connectivity index (χ2n) is 15.7. The second kappa shape index (κ2) is 11.9. The smallest absolute Gasteiger partial charge is 0.125 e. The third kappa shape index (κ3) is 3.98. The molecule has 0 fully saturated rings. The van der Waals surface area contributed by atoms with Crippen LogP contribution in [-0.2, 0) is 5.41 Å². The molecule has 0 saturated heterocycles. The van der Waals surface area contributed by atoms with E-state index in [4.69, 9.17) is 0 Å². The zero-order valence-electron chi connectivity index (χ0n) is 32.1. The van der Waals surface area contributed by atoms with Crippen LogP contribution >= 0.6 is 11.3 Å². The number of hydrogen-bond donors (Lipinski definition) is 0. The maximum absolute atomic E-state index is 4.66. The lowest BCUT2D eigenvalue weighted by Gasteiger charge is -2.30. The van der Waals surface area contributed by atoms with Crippen molar-refractivity contribution in [1.82, 2.24) is 9.13 Å². The average molecular weight is 771 g/mol. The second-order valence-corrected chi connectivity index (χ2v) is 16.7. The van der Waals surface area contributed by atoms with E-state index in [9.17, 15) is 0 Å². The molecule has 0 amide bonds.